The average Bonchev–Trinajstić information content (AvgIpc) is 3.29. The third-order valence-electron chi connectivity index (χ3n) is 5.01. The van der Waals surface area contributed by atoms with Crippen LogP contribution >= 0.6 is 0 Å². The van der Waals surface area contributed by atoms with Gasteiger partial charge in [-0.15, -0.1) is 0 Å². The Balaban J connectivity index is 1.47. The first kappa shape index (κ1) is 23.1. The zero-order valence-corrected chi connectivity index (χ0v) is 19.5. The molecule has 0 aliphatic carbocycles. The summed E-state index contributed by atoms with van der Waals surface area (Å²) in [5, 5.41) is 3.95. The lowest BCUT2D eigenvalue weighted by Gasteiger charge is -2.13. The minimum Gasteiger partial charge on any atom is -0.493 e. The molecule has 0 radical (unpaired) electrons. The summed E-state index contributed by atoms with van der Waals surface area (Å²) in [5.74, 6) is 0.868. The molecule has 0 bridgehead atoms. The van der Waals surface area contributed by atoms with E-state index < -0.39 is 16.0 Å². The summed E-state index contributed by atoms with van der Waals surface area (Å²) in [6.45, 7) is 3.62. The highest BCUT2D eigenvalue weighted by Gasteiger charge is 2.22. The minimum absolute atomic E-state index is 0.0324. The Bertz CT molecular complexity index is 1380. The number of nitrogens with one attached hydrogen (secondary N) is 1. The molecule has 3 aromatic carbocycles. The highest BCUT2D eigenvalue weighted by molar-refractivity contribution is 7.87. The second kappa shape index (κ2) is 9.44. The van der Waals surface area contributed by atoms with Crippen LogP contribution in [0.2, 0.25) is 0 Å². The third kappa shape index (κ3) is 4.96. The summed E-state index contributed by atoms with van der Waals surface area (Å²) in [5.41, 5.74) is 4.72. The first-order valence-electron chi connectivity index (χ1n) is 10.2. The highest BCUT2D eigenvalue weighted by Crippen LogP contribution is 2.33. The maximum atomic E-state index is 12.8. The molecule has 0 fully saturated rings. The van der Waals surface area contributed by atoms with Crippen molar-refractivity contribution in [1.29, 1.82) is 0 Å². The predicted octanol–water partition coefficient (Wildman–Crippen LogP) is 3.57. The lowest BCUT2D eigenvalue weighted by Crippen LogP contribution is -2.17. The van der Waals surface area contributed by atoms with Crippen LogP contribution in [0.4, 0.5) is 0 Å². The molecule has 9 nitrogen and oxygen atoms in total. The average molecular weight is 483 g/mol. The van der Waals surface area contributed by atoms with Gasteiger partial charge in [0, 0.05) is 5.56 Å². The number of amides is 1. The van der Waals surface area contributed by atoms with Crippen molar-refractivity contribution in [2.75, 3.05) is 13.9 Å². The fourth-order valence-electron chi connectivity index (χ4n) is 3.24. The second-order valence-corrected chi connectivity index (χ2v) is 9.00. The molecule has 4 rings (SSSR count). The molecule has 0 unspecified atom stereocenters. The fourth-order valence-corrected chi connectivity index (χ4v) is 4.50. The number of hydrogen-bond donors (Lipinski definition) is 1. The summed E-state index contributed by atoms with van der Waals surface area (Å²) in [6.07, 6.45) is 1.40. The number of methoxy groups -OCH3 is 1. The smallest absolute Gasteiger partial charge is 0.339 e. The van der Waals surface area contributed by atoms with E-state index in [-0.39, 0.29) is 23.2 Å². The molecular weight excluding hydrogens is 460 g/mol. The van der Waals surface area contributed by atoms with Crippen molar-refractivity contribution in [3.63, 3.8) is 0 Å². The largest absolute Gasteiger partial charge is 0.493 e. The number of ether oxygens (including phenoxy) is 3. The van der Waals surface area contributed by atoms with Gasteiger partial charge in [-0.05, 0) is 73.0 Å². The van der Waals surface area contributed by atoms with E-state index >= 15 is 0 Å². The Morgan fingerprint density at radius 3 is 2.59 bits per heavy atom. The summed E-state index contributed by atoms with van der Waals surface area (Å²) in [7, 11) is -2.67. The molecular formula is C24H22N2O7S. The first-order valence-corrected chi connectivity index (χ1v) is 11.6. The van der Waals surface area contributed by atoms with Gasteiger partial charge >= 0.3 is 10.1 Å². The van der Waals surface area contributed by atoms with Gasteiger partial charge in [0.05, 0.1) is 13.3 Å². The van der Waals surface area contributed by atoms with Crippen LogP contribution in [0, 0.1) is 13.8 Å². The molecule has 176 valence electrons. The van der Waals surface area contributed by atoms with Crippen molar-refractivity contribution in [3.05, 3.63) is 76.9 Å². The Hall–Kier alpha value is -4.05. The topological polar surface area (TPSA) is 113 Å². The summed E-state index contributed by atoms with van der Waals surface area (Å²) < 4.78 is 46.8. The molecule has 1 aliphatic heterocycles. The van der Waals surface area contributed by atoms with Gasteiger partial charge in [-0.3, -0.25) is 4.79 Å². The van der Waals surface area contributed by atoms with E-state index in [1.807, 2.05) is 6.07 Å². The third-order valence-corrected chi connectivity index (χ3v) is 6.39. The quantitative estimate of drug-likeness (QED) is 0.311. The van der Waals surface area contributed by atoms with Crippen LogP contribution in [0.1, 0.15) is 27.0 Å². The maximum Gasteiger partial charge on any atom is 0.339 e. The van der Waals surface area contributed by atoms with Crippen LogP contribution in [0.15, 0.2) is 64.6 Å². The van der Waals surface area contributed by atoms with Gasteiger partial charge in [-0.1, -0.05) is 12.1 Å². The number of nitrogens with zero attached hydrogens (tertiary/aromatic N) is 1. The van der Waals surface area contributed by atoms with Crippen LogP contribution in [-0.2, 0) is 10.1 Å². The Labute approximate surface area is 197 Å². The van der Waals surface area contributed by atoms with Crippen LogP contribution in [-0.4, -0.2) is 34.4 Å². The van der Waals surface area contributed by atoms with Gasteiger partial charge < -0.3 is 18.4 Å². The number of benzene rings is 3. The molecule has 3 aromatic rings. The van der Waals surface area contributed by atoms with E-state index in [2.05, 4.69) is 10.5 Å². The number of aryl methyl sites for hydroxylation is 2. The molecule has 34 heavy (non-hydrogen) atoms. The van der Waals surface area contributed by atoms with E-state index in [0.717, 1.165) is 5.56 Å². The molecule has 1 aliphatic rings. The fraction of sp³-hybridized carbons (Fsp3) is 0.167. The molecule has 10 heteroatoms. The van der Waals surface area contributed by atoms with Crippen molar-refractivity contribution in [2.45, 2.75) is 18.7 Å². The van der Waals surface area contributed by atoms with Gasteiger partial charge in [0.25, 0.3) is 5.91 Å². The molecule has 1 amide bonds. The Kier molecular flexibility index (Phi) is 6.42. The van der Waals surface area contributed by atoms with E-state index in [4.69, 9.17) is 18.4 Å². The van der Waals surface area contributed by atoms with E-state index in [1.165, 1.54) is 19.4 Å². The SMILES string of the molecule is COc1cc(C=NNC(=O)c2ccc3c(c2)OCO3)ccc1OS(=O)(=O)c1cc(C)ccc1C. The normalized spacial score (nSPS) is 12.6. The lowest BCUT2D eigenvalue weighted by molar-refractivity contribution is 0.0954. The maximum absolute atomic E-state index is 12.8. The van der Waals surface area contributed by atoms with Gasteiger partial charge in [-0.25, -0.2) is 5.43 Å². The molecule has 0 saturated heterocycles. The number of hydrogen-bond acceptors (Lipinski definition) is 8. The number of hydrazone groups is 1. The van der Waals surface area contributed by atoms with Crippen molar-refractivity contribution < 1.29 is 31.6 Å². The zero-order valence-electron chi connectivity index (χ0n) is 18.7. The lowest BCUT2D eigenvalue weighted by atomic mass is 10.2. The van der Waals surface area contributed by atoms with Crippen molar-refractivity contribution in [2.24, 2.45) is 5.10 Å². The monoisotopic (exact) mass is 482 g/mol. The van der Waals surface area contributed by atoms with Gasteiger partial charge in [0.1, 0.15) is 4.90 Å². The number of carbonyl (C=O) groups excluding carboxylic acids is 1. The number of carbonyl (C=O) groups is 1. The second-order valence-electron chi connectivity index (χ2n) is 7.48. The van der Waals surface area contributed by atoms with E-state index in [0.29, 0.717) is 28.2 Å². The van der Waals surface area contributed by atoms with E-state index in [1.54, 1.807) is 56.3 Å². The van der Waals surface area contributed by atoms with Crippen LogP contribution in [0.3, 0.4) is 0 Å². The summed E-state index contributed by atoms with van der Waals surface area (Å²) in [6, 6.07) is 14.5. The van der Waals surface area contributed by atoms with Crippen molar-refractivity contribution in [1.82, 2.24) is 5.43 Å². The Morgan fingerprint density at radius 2 is 1.79 bits per heavy atom. The first-order chi connectivity index (χ1) is 16.3. The van der Waals surface area contributed by atoms with Crippen LogP contribution in [0.25, 0.3) is 0 Å². The Morgan fingerprint density at radius 1 is 1.00 bits per heavy atom. The molecule has 1 N–H and O–H groups in total. The van der Waals surface area contributed by atoms with Gasteiger partial charge in [0.2, 0.25) is 6.79 Å². The number of rotatable bonds is 7. The summed E-state index contributed by atoms with van der Waals surface area (Å²) in [4.78, 5) is 12.4. The predicted molar refractivity (Wildman–Crippen MR) is 124 cm³/mol. The molecule has 0 spiro atoms. The van der Waals surface area contributed by atoms with Crippen molar-refractivity contribution >= 4 is 22.2 Å². The van der Waals surface area contributed by atoms with E-state index in [9.17, 15) is 13.2 Å². The van der Waals surface area contributed by atoms with Crippen LogP contribution < -0.4 is 23.8 Å². The van der Waals surface area contributed by atoms with Gasteiger partial charge in [0.15, 0.2) is 23.0 Å². The van der Waals surface area contributed by atoms with Crippen LogP contribution in [0.5, 0.6) is 23.0 Å². The molecule has 0 saturated carbocycles. The standard InChI is InChI=1S/C24H22N2O7S/c1-15-4-5-16(2)23(10-15)34(28,29)33-20-8-6-17(11-21(20)30-3)13-25-26-24(27)18-7-9-19-22(12-18)32-14-31-19/h4-13H,14H2,1-3H3,(H,26,27). The van der Waals surface area contributed by atoms with Crippen molar-refractivity contribution in [3.8, 4) is 23.0 Å². The highest BCUT2D eigenvalue weighted by atomic mass is 32.2. The summed E-state index contributed by atoms with van der Waals surface area (Å²) >= 11 is 0. The molecule has 1 heterocycles. The van der Waals surface area contributed by atoms with Gasteiger partial charge in [-0.2, -0.15) is 13.5 Å². The molecule has 0 atom stereocenters. The zero-order chi connectivity index (χ0) is 24.3. The molecule has 0 aromatic heterocycles. The number of fused-ring (bicyclic) bond motifs is 1. The minimum atomic E-state index is -4.06.